The molecule has 0 fully saturated rings. The number of halogens is 1. The van der Waals surface area contributed by atoms with Gasteiger partial charge in [0.1, 0.15) is 0 Å². The summed E-state index contributed by atoms with van der Waals surface area (Å²) in [6, 6.07) is 1.07. The summed E-state index contributed by atoms with van der Waals surface area (Å²) in [7, 11) is 1.32. The van der Waals surface area contributed by atoms with Crippen molar-refractivity contribution in [2.75, 3.05) is 7.11 Å². The van der Waals surface area contributed by atoms with Crippen molar-refractivity contribution in [3.8, 4) is 0 Å². The maximum absolute atomic E-state index is 11.8. The van der Waals surface area contributed by atoms with Crippen LogP contribution in [0.2, 0.25) is 0 Å². The number of methoxy groups -OCH3 is 1. The van der Waals surface area contributed by atoms with Crippen LogP contribution in [-0.2, 0) is 9.53 Å². The molecule has 1 aliphatic heterocycles. The van der Waals surface area contributed by atoms with E-state index in [4.69, 9.17) is 4.74 Å². The lowest BCUT2D eigenvalue weighted by Crippen LogP contribution is -2.45. The normalized spacial score (nSPS) is 19.3. The SMILES string of the molecule is COC(=O)C1=C(C)NC(=O)N[C@@H]1c1csc(Br)c1. The summed E-state index contributed by atoms with van der Waals surface area (Å²) >= 11 is 4.85. The highest BCUT2D eigenvalue weighted by Gasteiger charge is 2.32. The van der Waals surface area contributed by atoms with Gasteiger partial charge in [0.25, 0.3) is 0 Å². The van der Waals surface area contributed by atoms with Gasteiger partial charge in [-0.15, -0.1) is 11.3 Å². The van der Waals surface area contributed by atoms with Gasteiger partial charge in [0.05, 0.1) is 22.5 Å². The van der Waals surface area contributed by atoms with Gasteiger partial charge in [-0.3, -0.25) is 0 Å². The molecule has 1 aliphatic rings. The Morgan fingerprint density at radius 3 is 2.83 bits per heavy atom. The van der Waals surface area contributed by atoms with E-state index in [0.717, 1.165) is 9.35 Å². The summed E-state index contributed by atoms with van der Waals surface area (Å²) in [5.41, 5.74) is 1.78. The Bertz CT molecular complexity index is 538. The molecule has 1 aromatic heterocycles. The predicted molar refractivity (Wildman–Crippen MR) is 71.1 cm³/mol. The molecule has 5 nitrogen and oxygen atoms in total. The fourth-order valence-corrected chi connectivity index (χ4v) is 3.00. The standard InChI is InChI=1S/C11H11BrN2O3S/c1-5-8(10(15)17-2)9(14-11(16)13-5)6-3-7(12)18-4-6/h3-4,9H,1-2H3,(H2,13,14,16)/t9-/m1/s1. The van der Waals surface area contributed by atoms with E-state index in [9.17, 15) is 9.59 Å². The lowest BCUT2D eigenvalue weighted by molar-refractivity contribution is -0.136. The van der Waals surface area contributed by atoms with E-state index in [-0.39, 0.29) is 6.03 Å². The fourth-order valence-electron chi connectivity index (χ4n) is 1.80. The van der Waals surface area contributed by atoms with Gasteiger partial charge in [0.15, 0.2) is 0 Å². The van der Waals surface area contributed by atoms with Crippen molar-refractivity contribution >= 4 is 39.3 Å². The van der Waals surface area contributed by atoms with E-state index < -0.39 is 12.0 Å². The Hall–Kier alpha value is -1.34. The van der Waals surface area contributed by atoms with Crippen LogP contribution in [0.1, 0.15) is 18.5 Å². The fraction of sp³-hybridized carbons (Fsp3) is 0.273. The third kappa shape index (κ3) is 2.41. The second-order valence-corrected chi connectivity index (χ2v) is 6.04. The zero-order valence-corrected chi connectivity index (χ0v) is 12.1. The first-order valence-electron chi connectivity index (χ1n) is 5.13. The number of hydrogen-bond acceptors (Lipinski definition) is 4. The molecule has 1 aromatic rings. The highest BCUT2D eigenvalue weighted by molar-refractivity contribution is 9.11. The predicted octanol–water partition coefficient (Wildman–Crippen LogP) is 2.31. The third-order valence-electron chi connectivity index (χ3n) is 2.60. The molecule has 1 atom stereocenters. The molecule has 0 bridgehead atoms. The highest BCUT2D eigenvalue weighted by atomic mass is 79.9. The van der Waals surface area contributed by atoms with E-state index in [0.29, 0.717) is 11.3 Å². The number of rotatable bonds is 2. The van der Waals surface area contributed by atoms with Gasteiger partial charge >= 0.3 is 12.0 Å². The summed E-state index contributed by atoms with van der Waals surface area (Å²) in [6.45, 7) is 1.68. The number of thiophene rings is 1. The number of allylic oxidation sites excluding steroid dienone is 1. The number of carbonyl (C=O) groups is 2. The van der Waals surface area contributed by atoms with Crippen LogP contribution in [0.5, 0.6) is 0 Å². The number of urea groups is 1. The van der Waals surface area contributed by atoms with Crippen LogP contribution in [0.4, 0.5) is 4.79 Å². The average molecular weight is 331 g/mol. The van der Waals surface area contributed by atoms with Crippen LogP contribution in [0.15, 0.2) is 26.5 Å². The zero-order chi connectivity index (χ0) is 13.3. The van der Waals surface area contributed by atoms with E-state index in [2.05, 4.69) is 26.6 Å². The molecule has 0 aromatic carbocycles. The first-order chi connectivity index (χ1) is 8.52. The van der Waals surface area contributed by atoms with Gasteiger partial charge in [0.2, 0.25) is 0 Å². The summed E-state index contributed by atoms with van der Waals surface area (Å²) in [5, 5.41) is 7.18. The zero-order valence-electron chi connectivity index (χ0n) is 9.74. The Labute approximate surface area is 116 Å². The van der Waals surface area contributed by atoms with E-state index in [1.165, 1.54) is 18.4 Å². The highest BCUT2D eigenvalue weighted by Crippen LogP contribution is 2.32. The summed E-state index contributed by atoms with van der Waals surface area (Å²) in [4.78, 5) is 23.3. The molecule has 0 spiro atoms. The van der Waals surface area contributed by atoms with Crippen molar-refractivity contribution < 1.29 is 14.3 Å². The van der Waals surface area contributed by atoms with Crippen LogP contribution in [0.25, 0.3) is 0 Å². The average Bonchev–Trinajstić information content (AvgIpc) is 2.74. The second kappa shape index (κ2) is 5.11. The van der Waals surface area contributed by atoms with Crippen molar-refractivity contribution in [1.29, 1.82) is 0 Å². The molecule has 2 N–H and O–H groups in total. The third-order valence-corrected chi connectivity index (χ3v) is 4.12. The number of hydrogen-bond donors (Lipinski definition) is 2. The minimum atomic E-state index is -0.478. The second-order valence-electron chi connectivity index (χ2n) is 3.75. The van der Waals surface area contributed by atoms with E-state index >= 15 is 0 Å². The lowest BCUT2D eigenvalue weighted by atomic mass is 9.98. The van der Waals surface area contributed by atoms with Gasteiger partial charge in [-0.05, 0) is 39.9 Å². The van der Waals surface area contributed by atoms with Crippen molar-refractivity contribution in [3.63, 3.8) is 0 Å². The maximum Gasteiger partial charge on any atom is 0.337 e. The molecule has 0 saturated heterocycles. The van der Waals surface area contributed by atoms with Crippen LogP contribution >= 0.6 is 27.3 Å². The minimum Gasteiger partial charge on any atom is -0.466 e. The van der Waals surface area contributed by atoms with Crippen LogP contribution in [-0.4, -0.2) is 19.1 Å². The Morgan fingerprint density at radius 2 is 2.28 bits per heavy atom. The molecule has 2 amide bonds. The first-order valence-corrected chi connectivity index (χ1v) is 6.80. The van der Waals surface area contributed by atoms with Crippen molar-refractivity contribution in [1.82, 2.24) is 10.6 Å². The lowest BCUT2D eigenvalue weighted by Gasteiger charge is -2.26. The molecule has 2 rings (SSSR count). The van der Waals surface area contributed by atoms with Gasteiger partial charge in [-0.1, -0.05) is 0 Å². The molecule has 0 radical (unpaired) electrons. The topological polar surface area (TPSA) is 67.4 Å². The van der Waals surface area contributed by atoms with Gasteiger partial charge in [0, 0.05) is 5.70 Å². The Morgan fingerprint density at radius 1 is 1.56 bits per heavy atom. The molecule has 2 heterocycles. The number of carbonyl (C=O) groups excluding carboxylic acids is 2. The molecule has 0 saturated carbocycles. The maximum atomic E-state index is 11.8. The first kappa shape index (κ1) is 13.1. The number of ether oxygens (including phenoxy) is 1. The molecule has 96 valence electrons. The van der Waals surface area contributed by atoms with Gasteiger partial charge in [-0.25, -0.2) is 9.59 Å². The van der Waals surface area contributed by atoms with Gasteiger partial charge < -0.3 is 15.4 Å². The van der Waals surface area contributed by atoms with Crippen molar-refractivity contribution in [2.24, 2.45) is 0 Å². The molecule has 18 heavy (non-hydrogen) atoms. The summed E-state index contributed by atoms with van der Waals surface area (Å²) in [6.07, 6.45) is 0. The van der Waals surface area contributed by atoms with Crippen LogP contribution < -0.4 is 10.6 Å². The van der Waals surface area contributed by atoms with Gasteiger partial charge in [-0.2, -0.15) is 0 Å². The molecular formula is C11H11BrN2O3S. The van der Waals surface area contributed by atoms with E-state index in [1.807, 2.05) is 11.4 Å². The number of nitrogens with one attached hydrogen (secondary N) is 2. The molecule has 0 aliphatic carbocycles. The van der Waals surface area contributed by atoms with Crippen LogP contribution in [0, 0.1) is 0 Å². The Balaban J connectivity index is 2.45. The Kier molecular flexibility index (Phi) is 3.72. The number of esters is 1. The monoisotopic (exact) mass is 330 g/mol. The largest absolute Gasteiger partial charge is 0.466 e. The number of amides is 2. The quantitative estimate of drug-likeness (QED) is 0.817. The summed E-state index contributed by atoms with van der Waals surface area (Å²) < 4.78 is 5.69. The van der Waals surface area contributed by atoms with Crippen LogP contribution in [0.3, 0.4) is 0 Å². The summed E-state index contributed by atoms with van der Waals surface area (Å²) in [5.74, 6) is -0.452. The smallest absolute Gasteiger partial charge is 0.337 e. The minimum absolute atomic E-state index is 0.326. The van der Waals surface area contributed by atoms with Crippen molar-refractivity contribution in [2.45, 2.75) is 13.0 Å². The van der Waals surface area contributed by atoms with Crippen molar-refractivity contribution in [3.05, 3.63) is 32.1 Å². The molecular weight excluding hydrogens is 320 g/mol. The molecule has 0 unspecified atom stereocenters. The van der Waals surface area contributed by atoms with E-state index in [1.54, 1.807) is 6.92 Å². The molecule has 7 heteroatoms.